The third-order valence-electron chi connectivity index (χ3n) is 6.64. The molecular formula is C22H36O3. The Kier molecular flexibility index (Phi) is 6.19. The highest BCUT2D eigenvalue weighted by molar-refractivity contribution is 5.66. The molecule has 0 aromatic heterocycles. The molecule has 0 spiro atoms. The zero-order valence-electron chi connectivity index (χ0n) is 16.7. The van der Waals surface area contributed by atoms with Gasteiger partial charge in [0, 0.05) is 6.92 Å². The summed E-state index contributed by atoms with van der Waals surface area (Å²) in [7, 11) is 0. The van der Waals surface area contributed by atoms with Crippen LogP contribution in [0.25, 0.3) is 0 Å². The Bertz CT molecular complexity index is 531. The van der Waals surface area contributed by atoms with Crippen LogP contribution in [0.2, 0.25) is 0 Å². The lowest BCUT2D eigenvalue weighted by Crippen LogP contribution is -2.31. The number of hydrogen-bond acceptors (Lipinski definition) is 3. The number of carbonyl (C=O) groups is 1. The SMILES string of the molecule is C=C1CC[C@@]2(C)[C@@H](C(C)C)CC[C@@H]2/C=C/[C@](C)(O)CC[C@H]1OC(C)=O. The van der Waals surface area contributed by atoms with Crippen molar-refractivity contribution in [1.29, 1.82) is 0 Å². The molecule has 0 saturated heterocycles. The topological polar surface area (TPSA) is 46.5 Å². The molecule has 0 aliphatic heterocycles. The first-order valence-electron chi connectivity index (χ1n) is 9.82. The summed E-state index contributed by atoms with van der Waals surface area (Å²) in [6, 6.07) is 0. The number of carbonyl (C=O) groups excluding carboxylic acids is 1. The van der Waals surface area contributed by atoms with Crippen molar-refractivity contribution >= 4 is 5.97 Å². The maximum absolute atomic E-state index is 11.5. The number of fused-ring (bicyclic) bond motifs is 1. The minimum Gasteiger partial charge on any atom is -0.458 e. The Morgan fingerprint density at radius 1 is 1.28 bits per heavy atom. The van der Waals surface area contributed by atoms with Gasteiger partial charge >= 0.3 is 5.97 Å². The van der Waals surface area contributed by atoms with Crippen LogP contribution in [0.3, 0.4) is 0 Å². The molecule has 3 nitrogen and oxygen atoms in total. The summed E-state index contributed by atoms with van der Waals surface area (Å²) < 4.78 is 5.51. The minimum absolute atomic E-state index is 0.203. The van der Waals surface area contributed by atoms with Gasteiger partial charge in [-0.15, -0.1) is 0 Å². The molecule has 2 rings (SSSR count). The van der Waals surface area contributed by atoms with E-state index in [1.165, 1.54) is 19.8 Å². The molecule has 2 aliphatic carbocycles. The maximum Gasteiger partial charge on any atom is 0.303 e. The van der Waals surface area contributed by atoms with Gasteiger partial charge in [0.2, 0.25) is 0 Å². The van der Waals surface area contributed by atoms with Crippen LogP contribution in [0, 0.1) is 23.2 Å². The van der Waals surface area contributed by atoms with Crippen molar-refractivity contribution < 1.29 is 14.6 Å². The molecule has 1 fully saturated rings. The van der Waals surface area contributed by atoms with E-state index in [1.54, 1.807) is 0 Å². The lowest BCUT2D eigenvalue weighted by Gasteiger charge is -2.39. The first-order chi connectivity index (χ1) is 11.5. The lowest BCUT2D eigenvalue weighted by atomic mass is 9.66. The average Bonchev–Trinajstić information content (AvgIpc) is 2.83. The Balaban J connectivity index is 2.32. The molecule has 0 aromatic carbocycles. The molecule has 25 heavy (non-hydrogen) atoms. The van der Waals surface area contributed by atoms with Crippen molar-refractivity contribution in [2.75, 3.05) is 0 Å². The van der Waals surface area contributed by atoms with Crippen LogP contribution in [0.1, 0.15) is 73.1 Å². The van der Waals surface area contributed by atoms with Crippen molar-refractivity contribution in [2.24, 2.45) is 23.2 Å². The smallest absolute Gasteiger partial charge is 0.303 e. The molecule has 2 aliphatic rings. The van der Waals surface area contributed by atoms with E-state index >= 15 is 0 Å². The molecule has 142 valence electrons. The largest absolute Gasteiger partial charge is 0.458 e. The summed E-state index contributed by atoms with van der Waals surface area (Å²) >= 11 is 0. The van der Waals surface area contributed by atoms with Gasteiger partial charge < -0.3 is 9.84 Å². The molecule has 0 aromatic rings. The van der Waals surface area contributed by atoms with Crippen molar-refractivity contribution in [3.63, 3.8) is 0 Å². The summed E-state index contributed by atoms with van der Waals surface area (Å²) in [5.74, 6) is 1.53. The van der Waals surface area contributed by atoms with Crippen molar-refractivity contribution in [1.82, 2.24) is 0 Å². The van der Waals surface area contributed by atoms with Gasteiger partial charge in [-0.25, -0.2) is 0 Å². The van der Waals surface area contributed by atoms with Crippen LogP contribution in [0.5, 0.6) is 0 Å². The predicted octanol–water partition coefficient (Wildman–Crippen LogP) is 5.04. The summed E-state index contributed by atoms with van der Waals surface area (Å²) in [5, 5.41) is 10.7. The van der Waals surface area contributed by atoms with Crippen molar-refractivity contribution in [3.05, 3.63) is 24.3 Å². The number of ether oxygens (including phenoxy) is 1. The highest BCUT2D eigenvalue weighted by Crippen LogP contribution is 2.55. The quantitative estimate of drug-likeness (QED) is 0.561. The monoisotopic (exact) mass is 348 g/mol. The van der Waals surface area contributed by atoms with Crippen LogP contribution >= 0.6 is 0 Å². The molecule has 3 heteroatoms. The van der Waals surface area contributed by atoms with Crippen LogP contribution in [-0.2, 0) is 9.53 Å². The average molecular weight is 349 g/mol. The van der Waals surface area contributed by atoms with Gasteiger partial charge in [0.25, 0.3) is 0 Å². The molecule has 0 amide bonds. The lowest BCUT2D eigenvalue weighted by molar-refractivity contribution is -0.145. The summed E-state index contributed by atoms with van der Waals surface area (Å²) in [6.45, 7) is 14.6. The molecule has 5 atom stereocenters. The van der Waals surface area contributed by atoms with E-state index in [0.717, 1.165) is 18.4 Å². The zero-order chi connectivity index (χ0) is 18.8. The Labute approximate surface area is 153 Å². The number of rotatable bonds is 2. The second-order valence-corrected chi connectivity index (χ2v) is 9.05. The summed E-state index contributed by atoms with van der Waals surface area (Å²) in [6.07, 6.45) is 9.50. The Morgan fingerprint density at radius 2 is 1.96 bits per heavy atom. The third-order valence-corrected chi connectivity index (χ3v) is 6.64. The summed E-state index contributed by atoms with van der Waals surface area (Å²) in [5.41, 5.74) is 0.316. The van der Waals surface area contributed by atoms with E-state index < -0.39 is 5.60 Å². The predicted molar refractivity (Wildman–Crippen MR) is 102 cm³/mol. The van der Waals surface area contributed by atoms with Crippen LogP contribution in [0.15, 0.2) is 24.3 Å². The maximum atomic E-state index is 11.5. The van der Waals surface area contributed by atoms with E-state index in [1.807, 2.05) is 13.0 Å². The Morgan fingerprint density at radius 3 is 2.56 bits per heavy atom. The van der Waals surface area contributed by atoms with E-state index in [-0.39, 0.29) is 17.5 Å². The summed E-state index contributed by atoms with van der Waals surface area (Å²) in [4.78, 5) is 11.5. The fourth-order valence-electron chi connectivity index (χ4n) is 5.04. The van der Waals surface area contributed by atoms with Gasteiger partial charge in [-0.3, -0.25) is 4.79 Å². The highest BCUT2D eigenvalue weighted by atomic mass is 16.5. The fourth-order valence-corrected chi connectivity index (χ4v) is 5.04. The van der Waals surface area contributed by atoms with Crippen molar-refractivity contribution in [3.8, 4) is 0 Å². The van der Waals surface area contributed by atoms with Crippen molar-refractivity contribution in [2.45, 2.75) is 84.8 Å². The fraction of sp³-hybridized carbons (Fsp3) is 0.773. The Hall–Kier alpha value is -1.09. The van der Waals surface area contributed by atoms with Gasteiger partial charge in [0.05, 0.1) is 5.60 Å². The molecule has 0 bridgehead atoms. The van der Waals surface area contributed by atoms with Gasteiger partial charge in [-0.2, -0.15) is 0 Å². The van der Waals surface area contributed by atoms with E-state index in [4.69, 9.17) is 4.74 Å². The first-order valence-corrected chi connectivity index (χ1v) is 9.82. The second-order valence-electron chi connectivity index (χ2n) is 9.05. The molecule has 1 N–H and O–H groups in total. The number of aliphatic hydroxyl groups is 1. The van der Waals surface area contributed by atoms with Gasteiger partial charge in [-0.1, -0.05) is 39.5 Å². The third kappa shape index (κ3) is 4.75. The van der Waals surface area contributed by atoms with E-state index in [0.29, 0.717) is 30.6 Å². The zero-order valence-corrected chi connectivity index (χ0v) is 16.7. The van der Waals surface area contributed by atoms with E-state index in [2.05, 4.69) is 33.4 Å². The number of hydrogen-bond donors (Lipinski definition) is 1. The molecular weight excluding hydrogens is 312 g/mol. The van der Waals surface area contributed by atoms with Gasteiger partial charge in [-0.05, 0) is 74.2 Å². The van der Waals surface area contributed by atoms with Crippen LogP contribution in [0.4, 0.5) is 0 Å². The first kappa shape index (κ1) is 20.2. The van der Waals surface area contributed by atoms with Crippen LogP contribution in [-0.4, -0.2) is 22.8 Å². The molecule has 1 saturated carbocycles. The second kappa shape index (κ2) is 7.65. The van der Waals surface area contributed by atoms with Gasteiger partial charge in [0.1, 0.15) is 6.10 Å². The molecule has 0 unspecified atom stereocenters. The van der Waals surface area contributed by atoms with Gasteiger partial charge in [0.15, 0.2) is 0 Å². The number of esters is 1. The number of allylic oxidation sites excluding steroid dienone is 1. The normalized spacial score (nSPS) is 41.1. The molecule has 0 heterocycles. The highest BCUT2D eigenvalue weighted by Gasteiger charge is 2.46. The van der Waals surface area contributed by atoms with Crippen LogP contribution < -0.4 is 0 Å². The van der Waals surface area contributed by atoms with E-state index in [9.17, 15) is 9.90 Å². The molecule has 0 radical (unpaired) electrons. The minimum atomic E-state index is -0.875. The standard InChI is InChI=1S/C22H36O3/c1-15(2)19-8-7-18-10-12-21(5,24)13-11-20(25-17(4)23)16(3)9-14-22(18,19)6/h10,12,15,18-20,24H,3,7-9,11,13-14H2,1-2,4-6H3/b12-10+/t18-,19-,20-,21+,22-/m1/s1.